The fraction of sp³-hybridized carbons (Fsp3) is 0.308. The molecule has 0 aliphatic carbocycles. The Bertz CT molecular complexity index is 580. The van der Waals surface area contributed by atoms with E-state index < -0.39 is 12.0 Å². The van der Waals surface area contributed by atoms with Gasteiger partial charge in [-0.1, -0.05) is 29.9 Å². The van der Waals surface area contributed by atoms with Gasteiger partial charge in [-0.05, 0) is 19.9 Å². The molecule has 0 fully saturated rings. The van der Waals surface area contributed by atoms with Crippen molar-refractivity contribution in [1.29, 1.82) is 0 Å². The van der Waals surface area contributed by atoms with E-state index in [2.05, 4.69) is 22.2 Å². The van der Waals surface area contributed by atoms with Crippen molar-refractivity contribution in [2.75, 3.05) is 13.2 Å². The molecule has 0 radical (unpaired) electrons. The highest BCUT2D eigenvalue weighted by Gasteiger charge is 2.26. The van der Waals surface area contributed by atoms with Crippen molar-refractivity contribution < 1.29 is 14.3 Å². The monoisotopic (exact) mass is 344 g/mol. The maximum absolute atomic E-state index is 11.7. The number of halogens is 1. The van der Waals surface area contributed by atoms with Crippen LogP contribution in [0.2, 0.25) is 0 Å². The number of amides is 2. The number of rotatable bonds is 5. The minimum Gasteiger partial charge on any atom is -0.462 e. The largest absolute Gasteiger partial charge is 0.462 e. The zero-order valence-electron chi connectivity index (χ0n) is 12.2. The Hall–Kier alpha value is -1.93. The third-order valence-corrected chi connectivity index (χ3v) is 3.49. The minimum atomic E-state index is -0.490. The fourth-order valence-corrected chi connectivity index (χ4v) is 2.59. The Morgan fingerprint density at radius 3 is 2.73 bits per heavy atom. The van der Waals surface area contributed by atoms with Crippen molar-refractivity contribution in [2.24, 2.45) is 10.7 Å². The van der Waals surface area contributed by atoms with Crippen LogP contribution in [0.3, 0.4) is 0 Å². The van der Waals surface area contributed by atoms with Gasteiger partial charge in [0, 0.05) is 12.1 Å². The molecule has 4 N–H and O–H groups in total. The fourth-order valence-electron chi connectivity index (χ4n) is 1.42. The number of hydrogen-bond donors (Lipinski definition) is 3. The van der Waals surface area contributed by atoms with Gasteiger partial charge in [-0.2, -0.15) is 0 Å². The third-order valence-electron chi connectivity index (χ3n) is 2.28. The molecular formula is C13H17ClN4O3S. The zero-order valence-corrected chi connectivity index (χ0v) is 13.8. The Labute approximate surface area is 137 Å². The van der Waals surface area contributed by atoms with Gasteiger partial charge in [0.1, 0.15) is 16.0 Å². The molecule has 9 heteroatoms. The Kier molecular flexibility index (Phi) is 7.00. The van der Waals surface area contributed by atoms with E-state index in [9.17, 15) is 9.59 Å². The molecule has 0 spiro atoms. The van der Waals surface area contributed by atoms with E-state index in [-0.39, 0.29) is 17.6 Å². The number of ether oxygens (including phenoxy) is 1. The first-order valence-electron chi connectivity index (χ1n) is 6.43. The Balaban J connectivity index is 2.89. The highest BCUT2D eigenvalue weighted by atomic mass is 35.5. The molecule has 1 rings (SSSR count). The summed E-state index contributed by atoms with van der Waals surface area (Å²) >= 11 is 6.85. The molecule has 0 aromatic rings. The van der Waals surface area contributed by atoms with Gasteiger partial charge in [0.05, 0.1) is 11.5 Å². The summed E-state index contributed by atoms with van der Waals surface area (Å²) in [7, 11) is 0. The highest BCUT2D eigenvalue weighted by molar-refractivity contribution is 8.18. The molecule has 120 valence electrons. The van der Waals surface area contributed by atoms with Gasteiger partial charge in [-0.25, -0.2) is 14.6 Å². The van der Waals surface area contributed by atoms with Gasteiger partial charge >= 0.3 is 12.0 Å². The summed E-state index contributed by atoms with van der Waals surface area (Å²) in [5.74, 6) is -0.391. The molecule has 1 aliphatic heterocycles. The average Bonchev–Trinajstić information content (AvgIpc) is 2.83. The number of urea groups is 1. The van der Waals surface area contributed by atoms with E-state index in [4.69, 9.17) is 22.1 Å². The predicted octanol–water partition coefficient (Wildman–Crippen LogP) is 1.78. The number of thioether (sulfide) groups is 1. The number of aliphatic imine (C=N–C) groups is 1. The van der Waals surface area contributed by atoms with E-state index in [0.717, 1.165) is 11.8 Å². The number of carbonyl (C=O) groups excluding carboxylic acids is 2. The predicted molar refractivity (Wildman–Crippen MR) is 88.2 cm³/mol. The van der Waals surface area contributed by atoms with Crippen LogP contribution >= 0.6 is 23.4 Å². The van der Waals surface area contributed by atoms with Gasteiger partial charge < -0.3 is 15.8 Å². The second-order valence-electron chi connectivity index (χ2n) is 3.94. The molecule has 0 unspecified atom stereocenters. The number of nitrogens with zero attached hydrogens (tertiary/aromatic N) is 1. The smallest absolute Gasteiger partial charge is 0.345 e. The van der Waals surface area contributed by atoms with Crippen LogP contribution in [-0.2, 0) is 9.53 Å². The molecule has 2 amide bonds. The molecule has 0 atom stereocenters. The van der Waals surface area contributed by atoms with Gasteiger partial charge in [-0.3, -0.25) is 5.32 Å². The van der Waals surface area contributed by atoms with Crippen molar-refractivity contribution in [1.82, 2.24) is 10.6 Å². The van der Waals surface area contributed by atoms with Crippen LogP contribution in [-0.4, -0.2) is 30.2 Å². The maximum Gasteiger partial charge on any atom is 0.345 e. The molecule has 0 bridgehead atoms. The van der Waals surface area contributed by atoms with E-state index >= 15 is 0 Å². The van der Waals surface area contributed by atoms with E-state index in [1.807, 2.05) is 0 Å². The molecule has 0 aromatic carbocycles. The quantitative estimate of drug-likeness (QED) is 0.520. The molecule has 0 saturated heterocycles. The first kappa shape index (κ1) is 18.1. The van der Waals surface area contributed by atoms with E-state index in [1.54, 1.807) is 13.8 Å². The number of carbonyl (C=O) groups is 2. The molecule has 1 heterocycles. The van der Waals surface area contributed by atoms with Gasteiger partial charge in [-0.15, -0.1) is 0 Å². The van der Waals surface area contributed by atoms with Gasteiger partial charge in [0.15, 0.2) is 0 Å². The number of nitrogens with one attached hydrogen (secondary N) is 2. The zero-order chi connectivity index (χ0) is 16.7. The second kappa shape index (κ2) is 8.50. The van der Waals surface area contributed by atoms with Crippen molar-refractivity contribution >= 4 is 40.4 Å². The lowest BCUT2D eigenvalue weighted by atomic mass is 10.3. The van der Waals surface area contributed by atoms with E-state index in [1.165, 1.54) is 6.08 Å². The molecule has 0 saturated carbocycles. The minimum absolute atomic E-state index is 0.0173. The van der Waals surface area contributed by atoms with Crippen LogP contribution in [0, 0.1) is 0 Å². The number of nitrogens with two attached hydrogens (primary N) is 1. The summed E-state index contributed by atoms with van der Waals surface area (Å²) in [5.41, 5.74) is 5.96. The van der Waals surface area contributed by atoms with Crippen LogP contribution in [0.4, 0.5) is 4.79 Å². The summed E-state index contributed by atoms with van der Waals surface area (Å²) in [5, 5.41) is 5.33. The second-order valence-corrected chi connectivity index (χ2v) is 5.38. The number of hydrogen-bond acceptors (Lipinski definition) is 6. The molecular weight excluding hydrogens is 328 g/mol. The van der Waals surface area contributed by atoms with Crippen LogP contribution in [0.1, 0.15) is 13.8 Å². The van der Waals surface area contributed by atoms with Crippen molar-refractivity contribution in [3.8, 4) is 0 Å². The Morgan fingerprint density at radius 2 is 2.18 bits per heavy atom. The van der Waals surface area contributed by atoms with Crippen LogP contribution in [0.25, 0.3) is 0 Å². The maximum atomic E-state index is 11.7. The lowest BCUT2D eigenvalue weighted by Crippen LogP contribution is -2.34. The third kappa shape index (κ3) is 5.12. The highest BCUT2D eigenvalue weighted by Crippen LogP contribution is 2.34. The molecule has 7 nitrogen and oxygen atoms in total. The summed E-state index contributed by atoms with van der Waals surface area (Å²) in [6.45, 7) is 7.84. The molecule has 22 heavy (non-hydrogen) atoms. The van der Waals surface area contributed by atoms with Crippen molar-refractivity contribution in [3.63, 3.8) is 0 Å². The average molecular weight is 345 g/mol. The normalized spacial score (nSPS) is 17.8. The van der Waals surface area contributed by atoms with Crippen LogP contribution in [0.15, 0.2) is 39.1 Å². The number of esters is 1. The summed E-state index contributed by atoms with van der Waals surface area (Å²) < 4.78 is 4.91. The van der Waals surface area contributed by atoms with Crippen molar-refractivity contribution in [2.45, 2.75) is 13.8 Å². The SMILES string of the molecule is C=C(/N=C1/SC(C(=O)OCC)=C/C1=C(/N)Cl)NC(=O)NCC. The van der Waals surface area contributed by atoms with Crippen LogP contribution in [0.5, 0.6) is 0 Å². The summed E-state index contributed by atoms with van der Waals surface area (Å²) in [6, 6.07) is -0.428. The van der Waals surface area contributed by atoms with Crippen LogP contribution < -0.4 is 16.4 Å². The van der Waals surface area contributed by atoms with Gasteiger partial charge in [0.2, 0.25) is 0 Å². The Morgan fingerprint density at radius 1 is 1.50 bits per heavy atom. The summed E-state index contributed by atoms with van der Waals surface area (Å²) in [6.07, 6.45) is 1.49. The standard InChI is InChI=1S/C13H17ClN4O3S/c1-4-16-13(20)18-7(3)17-11-8(10(14)15)6-9(22-11)12(19)21-5-2/h6H,3-5,15H2,1-2H3,(H2,16,18,20)/b10-8-,17-11+. The van der Waals surface area contributed by atoms with Gasteiger partial charge in [0.25, 0.3) is 0 Å². The van der Waals surface area contributed by atoms with E-state index in [0.29, 0.717) is 22.1 Å². The topological polar surface area (TPSA) is 106 Å². The molecule has 0 aromatic heterocycles. The summed E-state index contributed by atoms with van der Waals surface area (Å²) in [4.78, 5) is 27.6. The number of allylic oxidation sites excluding steroid dienone is 1. The first-order chi connectivity index (χ1) is 10.4. The van der Waals surface area contributed by atoms with Crippen molar-refractivity contribution in [3.05, 3.63) is 34.1 Å². The molecule has 1 aliphatic rings. The lowest BCUT2D eigenvalue weighted by molar-refractivity contribution is -0.137. The first-order valence-corrected chi connectivity index (χ1v) is 7.63. The lowest BCUT2D eigenvalue weighted by Gasteiger charge is -2.06.